The van der Waals surface area contributed by atoms with Crippen LogP contribution in [0.25, 0.3) is 0 Å². The minimum absolute atomic E-state index is 0.0516. The number of nitrogens with one attached hydrogen (secondary N) is 1. The fourth-order valence-electron chi connectivity index (χ4n) is 8.19. The molecule has 5 heteroatoms. The quantitative estimate of drug-likeness (QED) is 0.237. The van der Waals surface area contributed by atoms with Crippen molar-refractivity contribution in [2.24, 2.45) is 11.3 Å². The number of piperidine rings is 4. The van der Waals surface area contributed by atoms with Crippen LogP contribution in [0, 0.1) is 11.3 Å². The highest BCUT2D eigenvalue weighted by molar-refractivity contribution is 6.06. The molecule has 0 aliphatic carbocycles. The van der Waals surface area contributed by atoms with Crippen LogP contribution >= 0.6 is 0 Å². The molecule has 5 heterocycles. The second-order valence-electron chi connectivity index (χ2n) is 13.8. The Balaban J connectivity index is 1.02. The van der Waals surface area contributed by atoms with Crippen molar-refractivity contribution in [2.45, 2.75) is 71.1 Å². The molecule has 5 saturated heterocycles. The largest absolute Gasteiger partial charge is 0.489 e. The fourth-order valence-corrected chi connectivity index (χ4v) is 8.19. The van der Waals surface area contributed by atoms with Gasteiger partial charge in [-0.2, -0.15) is 0 Å². The van der Waals surface area contributed by atoms with Gasteiger partial charge in [0.1, 0.15) is 18.9 Å². The summed E-state index contributed by atoms with van der Waals surface area (Å²) in [6.45, 7) is 12.0. The zero-order valence-corrected chi connectivity index (χ0v) is 25.4. The summed E-state index contributed by atoms with van der Waals surface area (Å²) in [5, 5.41) is 3.46. The van der Waals surface area contributed by atoms with Gasteiger partial charge in [0, 0.05) is 11.3 Å². The third-order valence-electron chi connectivity index (χ3n) is 10.9. The molecule has 3 aromatic rings. The smallest absolute Gasteiger partial charge is 0.236 e. The minimum Gasteiger partial charge on any atom is -0.489 e. The maximum Gasteiger partial charge on any atom is 0.236 e. The summed E-state index contributed by atoms with van der Waals surface area (Å²) >= 11 is 0. The van der Waals surface area contributed by atoms with E-state index in [0.717, 1.165) is 43.3 Å². The number of benzene rings is 3. The van der Waals surface area contributed by atoms with Gasteiger partial charge in [-0.25, -0.2) is 0 Å². The fraction of sp³-hybridized carbons (Fsp3) is 0.486. The lowest BCUT2D eigenvalue weighted by molar-refractivity contribution is -0.955. The van der Waals surface area contributed by atoms with Crippen LogP contribution in [-0.4, -0.2) is 43.1 Å². The van der Waals surface area contributed by atoms with Crippen LogP contribution in [-0.2, 0) is 17.9 Å². The highest BCUT2D eigenvalue weighted by Gasteiger charge is 2.61. The molecule has 1 N–H and O–H groups in total. The number of rotatable bonds is 8. The summed E-state index contributed by atoms with van der Waals surface area (Å²) < 4.78 is 7.52. The Labute approximate surface area is 251 Å². The van der Waals surface area contributed by atoms with Crippen LogP contribution in [0.4, 0.5) is 5.69 Å². The van der Waals surface area contributed by atoms with Gasteiger partial charge in [0.2, 0.25) is 5.91 Å². The Bertz CT molecular complexity index is 1370. The Morgan fingerprint density at radius 2 is 1.48 bits per heavy atom. The maximum atomic E-state index is 13.7. The zero-order valence-electron chi connectivity index (χ0n) is 25.4. The molecule has 1 spiro atoms. The summed E-state index contributed by atoms with van der Waals surface area (Å²) in [5.74, 6) is 2.61. The lowest BCUT2D eigenvalue weighted by Gasteiger charge is -2.58. The predicted molar refractivity (Wildman–Crippen MR) is 168 cm³/mol. The molecular weight excluding hydrogens is 518 g/mol. The first-order valence-corrected chi connectivity index (χ1v) is 16.2. The molecule has 0 aromatic heterocycles. The monoisotopic (exact) mass is 564 g/mol. The Hall–Kier alpha value is -3.15. The van der Waals surface area contributed by atoms with E-state index in [0.29, 0.717) is 12.5 Å². The molecule has 1 unspecified atom stereocenters. The SMILES string of the molecule is CC(C)c1ccc(N2C(=O)C3(CCNCC3)C2c2ccc(OCc3ccc(C[N+]45CCC(CC4)CC5)cc3)cc2)cc1. The number of quaternary nitrogens is 1. The summed E-state index contributed by atoms with van der Waals surface area (Å²) in [6, 6.07) is 26.2. The topological polar surface area (TPSA) is 41.6 Å². The molecule has 0 saturated carbocycles. The molecule has 1 atom stereocenters. The number of ether oxygens (including phenoxy) is 1. The molecule has 5 aliphatic rings. The molecule has 5 aliphatic heterocycles. The Morgan fingerprint density at radius 3 is 2.10 bits per heavy atom. The van der Waals surface area contributed by atoms with Gasteiger partial charge in [-0.05, 0) is 98.0 Å². The number of hydrogen-bond acceptors (Lipinski definition) is 3. The standard InChI is InChI=1S/C37H46N3O2/c1-27(2)31-7-11-33(12-8-31)39-35(37(36(39)41)18-20-38-21-19-37)32-9-13-34(14-10-32)42-26-30-5-3-29(4-6-30)25-40-22-15-28(16-23-40)17-24-40/h3-14,27-28,35,38H,15-26H2,1-2H3/q+1. The van der Waals surface area contributed by atoms with Gasteiger partial charge in [-0.15, -0.1) is 0 Å². The first-order chi connectivity index (χ1) is 20.4. The summed E-state index contributed by atoms with van der Waals surface area (Å²) in [4.78, 5) is 15.7. The summed E-state index contributed by atoms with van der Waals surface area (Å²) in [6.07, 6.45) is 6.02. The maximum absolute atomic E-state index is 13.7. The van der Waals surface area contributed by atoms with Crippen LogP contribution in [0.15, 0.2) is 72.8 Å². The third kappa shape index (κ3) is 5.05. The zero-order chi connectivity index (χ0) is 28.7. The summed E-state index contributed by atoms with van der Waals surface area (Å²) in [7, 11) is 0. The first kappa shape index (κ1) is 27.7. The van der Waals surface area contributed by atoms with E-state index in [1.54, 1.807) is 0 Å². The van der Waals surface area contributed by atoms with Gasteiger partial charge in [0.25, 0.3) is 0 Å². The number of carbonyl (C=O) groups is 1. The molecule has 220 valence electrons. The summed E-state index contributed by atoms with van der Waals surface area (Å²) in [5.41, 5.74) is 5.82. The average molecular weight is 565 g/mol. The molecular formula is C37H46N3O2+. The number of nitrogens with zero attached hydrogens (tertiary/aromatic N) is 2. The highest BCUT2D eigenvalue weighted by atomic mass is 16.5. The average Bonchev–Trinajstić information content (AvgIpc) is 3.04. The predicted octanol–water partition coefficient (Wildman–Crippen LogP) is 6.98. The third-order valence-corrected chi connectivity index (χ3v) is 10.9. The number of fused-ring (bicyclic) bond motifs is 3. The van der Waals surface area contributed by atoms with Gasteiger partial charge in [-0.1, -0.05) is 62.4 Å². The van der Waals surface area contributed by atoms with Gasteiger partial charge >= 0.3 is 0 Å². The van der Waals surface area contributed by atoms with E-state index in [9.17, 15) is 4.79 Å². The van der Waals surface area contributed by atoms with E-state index < -0.39 is 0 Å². The first-order valence-electron chi connectivity index (χ1n) is 16.2. The van der Waals surface area contributed by atoms with E-state index >= 15 is 0 Å². The van der Waals surface area contributed by atoms with Crippen molar-refractivity contribution in [3.8, 4) is 5.75 Å². The second-order valence-corrected chi connectivity index (χ2v) is 13.8. The molecule has 0 radical (unpaired) electrons. The van der Waals surface area contributed by atoms with Gasteiger partial charge in [-0.3, -0.25) is 4.79 Å². The van der Waals surface area contributed by atoms with Crippen LogP contribution in [0.1, 0.15) is 80.2 Å². The van der Waals surface area contributed by atoms with Crippen molar-refractivity contribution in [3.63, 3.8) is 0 Å². The molecule has 8 rings (SSSR count). The number of amides is 1. The molecule has 42 heavy (non-hydrogen) atoms. The van der Waals surface area contributed by atoms with E-state index in [4.69, 9.17) is 4.74 Å². The van der Waals surface area contributed by atoms with Crippen LogP contribution in [0.2, 0.25) is 0 Å². The molecule has 2 bridgehead atoms. The van der Waals surface area contributed by atoms with E-state index in [2.05, 4.69) is 92.0 Å². The van der Waals surface area contributed by atoms with Crippen LogP contribution < -0.4 is 15.0 Å². The van der Waals surface area contributed by atoms with Crippen molar-refractivity contribution in [2.75, 3.05) is 37.6 Å². The number of anilines is 1. The lowest BCUT2D eigenvalue weighted by atomic mass is 9.62. The van der Waals surface area contributed by atoms with E-state index in [-0.39, 0.29) is 17.4 Å². The number of β-lactam (4-membered cyclic amide) rings is 1. The van der Waals surface area contributed by atoms with Crippen molar-refractivity contribution in [1.82, 2.24) is 5.32 Å². The van der Waals surface area contributed by atoms with E-state index in [1.165, 1.54) is 72.2 Å². The van der Waals surface area contributed by atoms with Gasteiger partial charge < -0.3 is 19.4 Å². The van der Waals surface area contributed by atoms with E-state index in [1.807, 2.05) is 4.90 Å². The van der Waals surface area contributed by atoms with Crippen molar-refractivity contribution in [1.29, 1.82) is 0 Å². The van der Waals surface area contributed by atoms with Crippen molar-refractivity contribution in [3.05, 3.63) is 95.1 Å². The van der Waals surface area contributed by atoms with Crippen LogP contribution in [0.3, 0.4) is 0 Å². The van der Waals surface area contributed by atoms with Gasteiger partial charge in [0.15, 0.2) is 0 Å². The molecule has 1 amide bonds. The number of carbonyl (C=O) groups excluding carboxylic acids is 1. The Morgan fingerprint density at radius 1 is 0.857 bits per heavy atom. The molecule has 3 aromatic carbocycles. The molecule has 5 nitrogen and oxygen atoms in total. The van der Waals surface area contributed by atoms with Gasteiger partial charge in [0.05, 0.1) is 31.1 Å². The lowest BCUT2D eigenvalue weighted by Crippen LogP contribution is -2.66. The second kappa shape index (κ2) is 11.2. The van der Waals surface area contributed by atoms with Crippen LogP contribution in [0.5, 0.6) is 5.75 Å². The highest BCUT2D eigenvalue weighted by Crippen LogP contribution is 2.57. The van der Waals surface area contributed by atoms with Crippen molar-refractivity contribution >= 4 is 11.6 Å². The minimum atomic E-state index is -0.318. The molecule has 5 fully saturated rings. The normalized spacial score (nSPS) is 26.5. The number of hydrogen-bond donors (Lipinski definition) is 1. The van der Waals surface area contributed by atoms with Crippen molar-refractivity contribution < 1.29 is 14.0 Å². The Kier molecular flexibility index (Phi) is 7.36.